The molecule has 3 rings (SSSR count). The van der Waals surface area contributed by atoms with Crippen molar-refractivity contribution in [3.05, 3.63) is 63.8 Å². The van der Waals surface area contributed by atoms with Crippen molar-refractivity contribution >= 4 is 44.8 Å². The summed E-state index contributed by atoms with van der Waals surface area (Å²) >= 11 is 12.4. The van der Waals surface area contributed by atoms with Crippen molar-refractivity contribution in [1.82, 2.24) is 5.16 Å². The van der Waals surface area contributed by atoms with Crippen LogP contribution in [0.3, 0.4) is 0 Å². The Morgan fingerprint density at radius 1 is 1.11 bits per heavy atom. The molecule has 0 unspecified atom stereocenters. The number of aromatic nitrogens is 1. The lowest BCUT2D eigenvalue weighted by molar-refractivity contribution is 0.102. The molecule has 0 saturated carbocycles. The Hall–Kier alpha value is -2.39. The number of nitrogens with one attached hydrogen (secondary N) is 1. The number of aryl methyl sites for hydroxylation is 1. The lowest BCUT2D eigenvalue weighted by Gasteiger charge is -2.08. The van der Waals surface area contributed by atoms with Gasteiger partial charge >= 0.3 is 0 Å². The summed E-state index contributed by atoms with van der Waals surface area (Å²) in [4.78, 5) is 12.7. The second-order valence-electron chi connectivity index (χ2n) is 5.58. The molecule has 10 heteroatoms. The largest absolute Gasteiger partial charge is 0.360 e. The highest BCUT2D eigenvalue weighted by atomic mass is 35.5. The van der Waals surface area contributed by atoms with E-state index in [1.807, 2.05) is 0 Å². The number of hydrogen-bond donors (Lipinski definition) is 2. The second-order valence-corrected chi connectivity index (χ2v) is 7.96. The van der Waals surface area contributed by atoms with E-state index in [2.05, 4.69) is 10.5 Å². The smallest absolute Gasteiger partial charge is 0.261 e. The zero-order chi connectivity index (χ0) is 19.8. The van der Waals surface area contributed by atoms with E-state index in [1.165, 1.54) is 24.3 Å². The van der Waals surface area contributed by atoms with E-state index in [-0.39, 0.29) is 21.9 Å². The first-order valence-corrected chi connectivity index (χ1v) is 9.83. The molecular weight excluding hydrogens is 413 g/mol. The molecule has 1 amide bonds. The highest BCUT2D eigenvalue weighted by molar-refractivity contribution is 7.89. The monoisotopic (exact) mass is 425 g/mol. The van der Waals surface area contributed by atoms with Crippen LogP contribution in [0.25, 0.3) is 11.3 Å². The summed E-state index contributed by atoms with van der Waals surface area (Å²) in [7, 11) is -3.82. The summed E-state index contributed by atoms with van der Waals surface area (Å²) in [6, 6.07) is 10.3. The molecule has 1 heterocycles. The van der Waals surface area contributed by atoms with Gasteiger partial charge in [-0.3, -0.25) is 4.79 Å². The maximum absolute atomic E-state index is 12.8. The Bertz CT molecular complexity index is 1110. The van der Waals surface area contributed by atoms with Gasteiger partial charge in [0.25, 0.3) is 5.91 Å². The Labute approximate surface area is 165 Å². The molecule has 3 aromatic rings. The average Bonchev–Trinajstić information content (AvgIpc) is 2.96. The minimum Gasteiger partial charge on any atom is -0.360 e. The van der Waals surface area contributed by atoms with E-state index in [0.29, 0.717) is 21.3 Å². The summed E-state index contributed by atoms with van der Waals surface area (Å²) in [6.45, 7) is 1.58. The van der Waals surface area contributed by atoms with Crippen LogP contribution in [-0.4, -0.2) is 19.5 Å². The summed E-state index contributed by atoms with van der Waals surface area (Å²) in [5.74, 6) is -0.234. The number of rotatable bonds is 4. The van der Waals surface area contributed by atoms with Crippen molar-refractivity contribution in [2.75, 3.05) is 5.32 Å². The molecule has 0 fully saturated rings. The standard InChI is InChI=1S/C17H13Cl2N3O4S/c1-9-14(16(22-26-9)15-12(18)3-2-4-13(15)19)17(23)21-10-5-7-11(8-6-10)27(20,24)25/h2-8H,1H3,(H,21,23)(H2,20,24,25). The number of nitrogens with two attached hydrogens (primary N) is 1. The van der Waals surface area contributed by atoms with Gasteiger partial charge in [0.1, 0.15) is 17.0 Å². The van der Waals surface area contributed by atoms with Crippen molar-refractivity contribution in [2.24, 2.45) is 5.14 Å². The van der Waals surface area contributed by atoms with Crippen LogP contribution >= 0.6 is 23.2 Å². The number of carbonyl (C=O) groups excluding carboxylic acids is 1. The lowest BCUT2D eigenvalue weighted by atomic mass is 10.1. The molecule has 7 nitrogen and oxygen atoms in total. The minimum atomic E-state index is -3.82. The molecule has 27 heavy (non-hydrogen) atoms. The zero-order valence-electron chi connectivity index (χ0n) is 13.9. The quantitative estimate of drug-likeness (QED) is 0.658. The van der Waals surface area contributed by atoms with Crippen LogP contribution in [0.4, 0.5) is 5.69 Å². The van der Waals surface area contributed by atoms with E-state index < -0.39 is 15.9 Å². The number of carbonyl (C=O) groups is 1. The summed E-state index contributed by atoms with van der Waals surface area (Å²) in [5.41, 5.74) is 1.12. The summed E-state index contributed by atoms with van der Waals surface area (Å²) < 4.78 is 27.8. The maximum Gasteiger partial charge on any atom is 0.261 e. The van der Waals surface area contributed by atoms with E-state index in [0.717, 1.165) is 0 Å². The first kappa shape index (κ1) is 19.4. The van der Waals surface area contributed by atoms with E-state index in [1.54, 1.807) is 25.1 Å². The number of nitrogens with zero attached hydrogens (tertiary/aromatic N) is 1. The van der Waals surface area contributed by atoms with Gasteiger partial charge in [-0.1, -0.05) is 34.4 Å². The first-order valence-electron chi connectivity index (χ1n) is 7.53. The van der Waals surface area contributed by atoms with Crippen LogP contribution in [0, 0.1) is 6.92 Å². The average molecular weight is 426 g/mol. The fourth-order valence-corrected chi connectivity index (χ4v) is 3.55. The van der Waals surface area contributed by atoms with E-state index in [4.69, 9.17) is 32.9 Å². The molecule has 0 spiro atoms. The van der Waals surface area contributed by atoms with Gasteiger partial charge in [0.15, 0.2) is 0 Å². The molecule has 2 aromatic carbocycles. The van der Waals surface area contributed by atoms with Crippen LogP contribution in [0.2, 0.25) is 10.0 Å². The Morgan fingerprint density at radius 2 is 1.70 bits per heavy atom. The number of primary sulfonamides is 1. The maximum atomic E-state index is 12.8. The van der Waals surface area contributed by atoms with Crippen LogP contribution < -0.4 is 10.5 Å². The van der Waals surface area contributed by atoms with Crippen molar-refractivity contribution in [1.29, 1.82) is 0 Å². The topological polar surface area (TPSA) is 115 Å². The second kappa shape index (κ2) is 7.32. The molecule has 0 atom stereocenters. The molecule has 0 aliphatic rings. The van der Waals surface area contributed by atoms with Crippen molar-refractivity contribution < 1.29 is 17.7 Å². The Morgan fingerprint density at radius 3 is 2.26 bits per heavy atom. The molecule has 0 radical (unpaired) electrons. The van der Waals surface area contributed by atoms with Crippen molar-refractivity contribution in [3.8, 4) is 11.3 Å². The van der Waals surface area contributed by atoms with Gasteiger partial charge in [-0.15, -0.1) is 0 Å². The third-order valence-corrected chi connectivity index (χ3v) is 5.29. The van der Waals surface area contributed by atoms with Crippen LogP contribution in [-0.2, 0) is 10.0 Å². The molecule has 0 saturated heterocycles. The van der Waals surface area contributed by atoms with Gasteiger partial charge in [0.2, 0.25) is 10.0 Å². The Kier molecular flexibility index (Phi) is 5.25. The van der Waals surface area contributed by atoms with Gasteiger partial charge in [-0.2, -0.15) is 0 Å². The number of hydrogen-bond acceptors (Lipinski definition) is 5. The van der Waals surface area contributed by atoms with Crippen molar-refractivity contribution in [2.45, 2.75) is 11.8 Å². The number of amides is 1. The molecule has 1 aromatic heterocycles. The van der Waals surface area contributed by atoms with Gasteiger partial charge in [0, 0.05) is 11.3 Å². The number of sulfonamides is 1. The molecule has 0 bridgehead atoms. The van der Waals surface area contributed by atoms with Crippen LogP contribution in [0.1, 0.15) is 16.1 Å². The van der Waals surface area contributed by atoms with Crippen LogP contribution in [0.5, 0.6) is 0 Å². The van der Waals surface area contributed by atoms with E-state index in [9.17, 15) is 13.2 Å². The highest BCUT2D eigenvalue weighted by Gasteiger charge is 2.25. The minimum absolute atomic E-state index is 0.0646. The van der Waals surface area contributed by atoms with Gasteiger partial charge in [-0.25, -0.2) is 13.6 Å². The third-order valence-electron chi connectivity index (χ3n) is 3.73. The Balaban J connectivity index is 1.96. The zero-order valence-corrected chi connectivity index (χ0v) is 16.2. The summed E-state index contributed by atoms with van der Waals surface area (Å²) in [5, 5.41) is 12.3. The third kappa shape index (κ3) is 3.98. The molecular formula is C17H13Cl2N3O4S. The molecule has 0 aliphatic carbocycles. The lowest BCUT2D eigenvalue weighted by Crippen LogP contribution is -2.15. The fraction of sp³-hybridized carbons (Fsp3) is 0.0588. The predicted octanol–water partition coefficient (Wildman–Crippen LogP) is 3.86. The van der Waals surface area contributed by atoms with E-state index >= 15 is 0 Å². The fourth-order valence-electron chi connectivity index (χ4n) is 2.46. The SMILES string of the molecule is Cc1onc(-c2c(Cl)cccc2Cl)c1C(=O)Nc1ccc(S(N)(=O)=O)cc1. The highest BCUT2D eigenvalue weighted by Crippen LogP contribution is 2.37. The summed E-state index contributed by atoms with van der Waals surface area (Å²) in [6.07, 6.45) is 0. The number of anilines is 1. The van der Waals surface area contributed by atoms with Gasteiger partial charge in [-0.05, 0) is 43.3 Å². The normalized spacial score (nSPS) is 11.4. The van der Waals surface area contributed by atoms with Gasteiger partial charge < -0.3 is 9.84 Å². The molecule has 0 aliphatic heterocycles. The molecule has 140 valence electrons. The number of halogens is 2. The predicted molar refractivity (Wildman–Crippen MR) is 102 cm³/mol. The number of benzene rings is 2. The van der Waals surface area contributed by atoms with Crippen molar-refractivity contribution in [3.63, 3.8) is 0 Å². The van der Waals surface area contributed by atoms with Crippen LogP contribution in [0.15, 0.2) is 51.9 Å². The first-order chi connectivity index (χ1) is 12.7. The van der Waals surface area contributed by atoms with Gasteiger partial charge in [0.05, 0.1) is 14.9 Å². The molecule has 3 N–H and O–H groups in total.